The highest BCUT2D eigenvalue weighted by atomic mass is 16.5. The van der Waals surface area contributed by atoms with Crippen LogP contribution >= 0.6 is 0 Å². The molecule has 13 heavy (non-hydrogen) atoms. The second-order valence-electron chi connectivity index (χ2n) is 2.62. The van der Waals surface area contributed by atoms with E-state index in [-0.39, 0.29) is 5.91 Å². The molecule has 5 nitrogen and oxygen atoms in total. The Bertz CT molecular complexity index is 351. The summed E-state index contributed by atoms with van der Waals surface area (Å²) in [4.78, 5) is 11.2. The monoisotopic (exact) mass is 179 g/mol. The van der Waals surface area contributed by atoms with Crippen LogP contribution < -0.4 is 21.1 Å². The predicted molar refractivity (Wildman–Crippen MR) is 47.2 cm³/mol. The maximum absolute atomic E-state index is 11.2. The minimum atomic E-state index is -0.156. The van der Waals surface area contributed by atoms with Crippen molar-refractivity contribution in [1.82, 2.24) is 11.0 Å². The number of hydrazine groups is 2. The van der Waals surface area contributed by atoms with Gasteiger partial charge in [-0.05, 0) is 12.1 Å². The molecule has 1 aliphatic rings. The van der Waals surface area contributed by atoms with Crippen molar-refractivity contribution < 1.29 is 9.53 Å². The first-order valence-corrected chi connectivity index (χ1v) is 3.80. The number of anilines is 1. The van der Waals surface area contributed by atoms with E-state index in [1.165, 1.54) is 0 Å². The zero-order valence-corrected chi connectivity index (χ0v) is 7.05. The van der Waals surface area contributed by atoms with Gasteiger partial charge in [0.1, 0.15) is 5.75 Å². The van der Waals surface area contributed by atoms with E-state index in [1.807, 2.05) is 0 Å². The van der Waals surface area contributed by atoms with Gasteiger partial charge in [-0.3, -0.25) is 10.2 Å². The summed E-state index contributed by atoms with van der Waals surface area (Å²) in [7, 11) is 1.58. The Morgan fingerprint density at radius 2 is 2.15 bits per heavy atom. The van der Waals surface area contributed by atoms with Crippen molar-refractivity contribution in [3.05, 3.63) is 23.8 Å². The molecule has 0 aromatic heterocycles. The third kappa shape index (κ3) is 1.29. The van der Waals surface area contributed by atoms with Gasteiger partial charge in [-0.1, -0.05) is 0 Å². The van der Waals surface area contributed by atoms with Crippen LogP contribution in [0.1, 0.15) is 10.4 Å². The van der Waals surface area contributed by atoms with Crippen molar-refractivity contribution in [3.8, 4) is 5.75 Å². The molecule has 1 aromatic carbocycles. The number of methoxy groups -OCH3 is 1. The molecule has 1 heterocycles. The molecular weight excluding hydrogens is 170 g/mol. The molecule has 1 amide bonds. The summed E-state index contributed by atoms with van der Waals surface area (Å²) in [5.74, 6) is 0.555. The largest absolute Gasteiger partial charge is 0.497 e. The van der Waals surface area contributed by atoms with E-state index in [0.717, 1.165) is 0 Å². The van der Waals surface area contributed by atoms with E-state index in [0.29, 0.717) is 17.0 Å². The molecular formula is C8H9N3O2. The quantitative estimate of drug-likeness (QED) is 0.579. The predicted octanol–water partition coefficient (Wildman–Crippen LogP) is 0.270. The van der Waals surface area contributed by atoms with Gasteiger partial charge < -0.3 is 10.2 Å². The van der Waals surface area contributed by atoms with Crippen LogP contribution in [-0.4, -0.2) is 13.0 Å². The fourth-order valence-corrected chi connectivity index (χ4v) is 1.17. The number of ether oxygens (including phenoxy) is 1. The van der Waals surface area contributed by atoms with Gasteiger partial charge in [-0.25, -0.2) is 0 Å². The molecule has 0 fully saturated rings. The summed E-state index contributed by atoms with van der Waals surface area (Å²) in [6, 6.07) is 5.20. The van der Waals surface area contributed by atoms with Gasteiger partial charge in [0.25, 0.3) is 5.91 Å². The van der Waals surface area contributed by atoms with Gasteiger partial charge in [-0.2, -0.15) is 0 Å². The second kappa shape index (κ2) is 2.95. The molecule has 3 N–H and O–H groups in total. The van der Waals surface area contributed by atoms with E-state index >= 15 is 0 Å². The number of rotatable bonds is 1. The normalized spacial score (nSPS) is 14.1. The first kappa shape index (κ1) is 7.88. The number of amides is 1. The van der Waals surface area contributed by atoms with Gasteiger partial charge in [0, 0.05) is 6.07 Å². The summed E-state index contributed by atoms with van der Waals surface area (Å²) in [6.45, 7) is 0. The first-order valence-electron chi connectivity index (χ1n) is 3.80. The fraction of sp³-hybridized carbons (Fsp3) is 0.125. The Balaban J connectivity index is 2.45. The smallest absolute Gasteiger partial charge is 0.268 e. The van der Waals surface area contributed by atoms with E-state index in [4.69, 9.17) is 4.74 Å². The van der Waals surface area contributed by atoms with Crippen LogP contribution in [0.2, 0.25) is 0 Å². The summed E-state index contributed by atoms with van der Waals surface area (Å²) < 4.78 is 5.02. The van der Waals surface area contributed by atoms with Crippen LogP contribution in [0.4, 0.5) is 5.69 Å². The van der Waals surface area contributed by atoms with Crippen molar-refractivity contribution in [1.29, 1.82) is 0 Å². The lowest BCUT2D eigenvalue weighted by molar-refractivity contribution is 0.0931. The molecule has 0 atom stereocenters. The number of carbonyl (C=O) groups excluding carboxylic acids is 1. The van der Waals surface area contributed by atoms with Crippen molar-refractivity contribution >= 4 is 11.6 Å². The lowest BCUT2D eigenvalue weighted by atomic mass is 10.1. The third-order valence-corrected chi connectivity index (χ3v) is 1.84. The molecule has 1 aliphatic heterocycles. The van der Waals surface area contributed by atoms with E-state index in [2.05, 4.69) is 16.4 Å². The highest BCUT2D eigenvalue weighted by molar-refractivity contribution is 6.00. The van der Waals surface area contributed by atoms with Crippen LogP contribution in [0.5, 0.6) is 5.75 Å². The zero-order valence-electron chi connectivity index (χ0n) is 7.05. The number of benzene rings is 1. The van der Waals surface area contributed by atoms with Crippen molar-refractivity contribution in [2.24, 2.45) is 0 Å². The van der Waals surface area contributed by atoms with Crippen LogP contribution in [-0.2, 0) is 0 Å². The van der Waals surface area contributed by atoms with Crippen LogP contribution in [0, 0.1) is 0 Å². The summed E-state index contributed by atoms with van der Waals surface area (Å²) in [5, 5.41) is 0. The maximum Gasteiger partial charge on any atom is 0.268 e. The lowest BCUT2D eigenvalue weighted by Crippen LogP contribution is -2.45. The molecule has 5 heteroatoms. The molecule has 0 spiro atoms. The van der Waals surface area contributed by atoms with Crippen LogP contribution in [0.25, 0.3) is 0 Å². The van der Waals surface area contributed by atoms with Crippen LogP contribution in [0.3, 0.4) is 0 Å². The molecule has 0 saturated carbocycles. The average molecular weight is 179 g/mol. The topological polar surface area (TPSA) is 62.4 Å². The minimum Gasteiger partial charge on any atom is -0.497 e. The zero-order chi connectivity index (χ0) is 9.26. The molecule has 2 rings (SSSR count). The Kier molecular flexibility index (Phi) is 1.79. The molecule has 0 unspecified atom stereocenters. The lowest BCUT2D eigenvalue weighted by Gasteiger charge is -2.19. The number of nitrogens with one attached hydrogen (secondary N) is 3. The molecule has 0 aliphatic carbocycles. The second-order valence-corrected chi connectivity index (χ2v) is 2.62. The average Bonchev–Trinajstić information content (AvgIpc) is 2.18. The first-order chi connectivity index (χ1) is 6.31. The number of hydrogen-bond donors (Lipinski definition) is 3. The Morgan fingerprint density at radius 3 is 2.92 bits per heavy atom. The summed E-state index contributed by atoms with van der Waals surface area (Å²) in [6.07, 6.45) is 0. The van der Waals surface area contributed by atoms with Gasteiger partial charge in [0.15, 0.2) is 0 Å². The van der Waals surface area contributed by atoms with Crippen molar-refractivity contribution in [3.63, 3.8) is 0 Å². The fourth-order valence-electron chi connectivity index (χ4n) is 1.17. The van der Waals surface area contributed by atoms with Gasteiger partial charge in [0.05, 0.1) is 18.4 Å². The van der Waals surface area contributed by atoms with E-state index in [9.17, 15) is 4.79 Å². The molecule has 0 bridgehead atoms. The molecule has 1 aromatic rings. The van der Waals surface area contributed by atoms with Crippen LogP contribution in [0.15, 0.2) is 18.2 Å². The van der Waals surface area contributed by atoms with Crippen molar-refractivity contribution in [2.45, 2.75) is 0 Å². The Labute approximate surface area is 75.0 Å². The highest BCUT2D eigenvalue weighted by Crippen LogP contribution is 2.22. The van der Waals surface area contributed by atoms with Gasteiger partial charge in [0.2, 0.25) is 0 Å². The Morgan fingerprint density at radius 1 is 1.31 bits per heavy atom. The standard InChI is InChI=1S/C8H9N3O2/c1-13-5-2-3-6-7(4-5)9-11-10-8(6)12/h2-4,9,11H,1H3,(H,10,12). The number of carbonyl (C=O) groups is 1. The number of hydrogen-bond acceptors (Lipinski definition) is 4. The summed E-state index contributed by atoms with van der Waals surface area (Å²) in [5.41, 5.74) is 9.09. The third-order valence-electron chi connectivity index (χ3n) is 1.84. The summed E-state index contributed by atoms with van der Waals surface area (Å²) >= 11 is 0. The Hall–Kier alpha value is -1.75. The number of fused-ring (bicyclic) bond motifs is 1. The maximum atomic E-state index is 11.2. The van der Waals surface area contributed by atoms with Gasteiger partial charge in [-0.15, -0.1) is 5.53 Å². The van der Waals surface area contributed by atoms with Crippen molar-refractivity contribution in [2.75, 3.05) is 12.5 Å². The minimum absolute atomic E-state index is 0.156. The van der Waals surface area contributed by atoms with E-state index in [1.54, 1.807) is 25.3 Å². The SMILES string of the molecule is COc1ccc2c(c1)NNNC2=O. The van der Waals surface area contributed by atoms with Gasteiger partial charge >= 0.3 is 0 Å². The molecule has 0 saturated heterocycles. The molecule has 68 valence electrons. The highest BCUT2D eigenvalue weighted by Gasteiger charge is 2.15. The molecule has 0 radical (unpaired) electrons. The van der Waals surface area contributed by atoms with E-state index < -0.39 is 0 Å².